The number of aryl methyl sites for hydroxylation is 2. The Morgan fingerprint density at radius 1 is 0.893 bits per heavy atom. The molecule has 3 aromatic rings. The summed E-state index contributed by atoms with van der Waals surface area (Å²) in [5.74, 6) is -0.358. The first kappa shape index (κ1) is 19.8. The quantitative estimate of drug-likeness (QED) is 0.663. The van der Waals surface area contributed by atoms with Gasteiger partial charge in [-0.2, -0.15) is 0 Å². The van der Waals surface area contributed by atoms with Crippen molar-refractivity contribution in [1.29, 1.82) is 0 Å². The van der Waals surface area contributed by atoms with Crippen molar-refractivity contribution in [3.63, 3.8) is 0 Å². The van der Waals surface area contributed by atoms with E-state index < -0.39 is 10.0 Å². The Bertz CT molecular complexity index is 1080. The van der Waals surface area contributed by atoms with Gasteiger partial charge in [-0.25, -0.2) is 13.1 Å². The minimum absolute atomic E-state index is 0.0972. The van der Waals surface area contributed by atoms with Gasteiger partial charge in [0.1, 0.15) is 0 Å². The highest BCUT2D eigenvalue weighted by atomic mass is 32.2. The average molecular weight is 394 g/mol. The van der Waals surface area contributed by atoms with Crippen LogP contribution in [0.3, 0.4) is 0 Å². The van der Waals surface area contributed by atoms with Gasteiger partial charge in [0.2, 0.25) is 10.0 Å². The van der Waals surface area contributed by atoms with Crippen LogP contribution in [-0.4, -0.2) is 14.3 Å². The van der Waals surface area contributed by atoms with E-state index in [1.165, 1.54) is 6.07 Å². The van der Waals surface area contributed by atoms with Crippen LogP contribution in [-0.2, 0) is 16.6 Å². The minimum Gasteiger partial charge on any atom is -0.322 e. The van der Waals surface area contributed by atoms with Crippen molar-refractivity contribution >= 4 is 21.6 Å². The molecule has 144 valence electrons. The zero-order valence-corrected chi connectivity index (χ0v) is 16.6. The Hall–Kier alpha value is -2.96. The molecule has 0 bridgehead atoms. The maximum absolute atomic E-state index is 12.8. The van der Waals surface area contributed by atoms with E-state index in [1.807, 2.05) is 49.4 Å². The first-order valence-corrected chi connectivity index (χ1v) is 10.4. The fourth-order valence-corrected chi connectivity index (χ4v) is 4.01. The number of sulfonamides is 1. The lowest BCUT2D eigenvalue weighted by atomic mass is 10.1. The SMILES string of the molecule is Cc1ccc(NC(=O)c2ccc(C)c(S(=O)(=O)NCc3ccccc3)c2)cc1. The van der Waals surface area contributed by atoms with E-state index >= 15 is 0 Å². The summed E-state index contributed by atoms with van der Waals surface area (Å²) >= 11 is 0. The molecular weight excluding hydrogens is 372 g/mol. The molecule has 0 aliphatic heterocycles. The Labute approximate surface area is 165 Å². The molecule has 0 aromatic heterocycles. The monoisotopic (exact) mass is 394 g/mol. The second-order valence-corrected chi connectivity index (χ2v) is 8.35. The number of carbonyl (C=O) groups is 1. The van der Waals surface area contributed by atoms with Crippen molar-refractivity contribution in [3.8, 4) is 0 Å². The van der Waals surface area contributed by atoms with Gasteiger partial charge >= 0.3 is 0 Å². The van der Waals surface area contributed by atoms with Crippen molar-refractivity contribution in [1.82, 2.24) is 4.72 Å². The van der Waals surface area contributed by atoms with Gasteiger partial charge in [-0.3, -0.25) is 4.79 Å². The lowest BCUT2D eigenvalue weighted by Crippen LogP contribution is -2.24. The van der Waals surface area contributed by atoms with Crippen LogP contribution in [0.1, 0.15) is 27.0 Å². The third-order valence-electron chi connectivity index (χ3n) is 4.36. The van der Waals surface area contributed by atoms with Gasteiger partial charge < -0.3 is 5.32 Å². The third kappa shape index (κ3) is 4.85. The van der Waals surface area contributed by atoms with Crippen molar-refractivity contribution in [2.24, 2.45) is 0 Å². The Morgan fingerprint density at radius 2 is 1.57 bits per heavy atom. The van der Waals surface area contributed by atoms with E-state index in [9.17, 15) is 13.2 Å². The number of benzene rings is 3. The van der Waals surface area contributed by atoms with Crippen LogP contribution in [0.15, 0.2) is 77.7 Å². The number of carbonyl (C=O) groups excluding carboxylic acids is 1. The first-order chi connectivity index (χ1) is 13.3. The molecule has 0 fully saturated rings. The molecule has 0 saturated heterocycles. The van der Waals surface area contributed by atoms with E-state index in [-0.39, 0.29) is 22.9 Å². The fourth-order valence-electron chi connectivity index (χ4n) is 2.72. The molecule has 6 heteroatoms. The molecule has 0 spiro atoms. The van der Waals surface area contributed by atoms with Crippen molar-refractivity contribution in [2.45, 2.75) is 25.3 Å². The molecule has 28 heavy (non-hydrogen) atoms. The smallest absolute Gasteiger partial charge is 0.255 e. The standard InChI is InChI=1S/C22H22N2O3S/c1-16-8-12-20(13-9-16)24-22(25)19-11-10-17(2)21(14-19)28(26,27)23-15-18-6-4-3-5-7-18/h3-14,23H,15H2,1-2H3,(H,24,25). The van der Waals surface area contributed by atoms with Gasteiger partial charge in [0.15, 0.2) is 0 Å². The third-order valence-corrected chi connectivity index (χ3v) is 5.90. The van der Waals surface area contributed by atoms with Crippen LogP contribution in [0, 0.1) is 13.8 Å². The zero-order valence-electron chi connectivity index (χ0n) is 15.8. The molecule has 0 saturated carbocycles. The molecule has 5 nitrogen and oxygen atoms in total. The lowest BCUT2D eigenvalue weighted by Gasteiger charge is -2.12. The zero-order chi connectivity index (χ0) is 20.1. The number of hydrogen-bond acceptors (Lipinski definition) is 3. The summed E-state index contributed by atoms with van der Waals surface area (Å²) in [6.45, 7) is 3.85. The van der Waals surface area contributed by atoms with E-state index in [4.69, 9.17) is 0 Å². The second-order valence-electron chi connectivity index (χ2n) is 6.61. The highest BCUT2D eigenvalue weighted by Gasteiger charge is 2.19. The lowest BCUT2D eigenvalue weighted by molar-refractivity contribution is 0.102. The van der Waals surface area contributed by atoms with Gasteiger partial charge in [-0.1, -0.05) is 54.1 Å². The van der Waals surface area contributed by atoms with Gasteiger partial charge in [0.05, 0.1) is 4.90 Å². The van der Waals surface area contributed by atoms with Crippen LogP contribution >= 0.6 is 0 Å². The highest BCUT2D eigenvalue weighted by Crippen LogP contribution is 2.19. The van der Waals surface area contributed by atoms with Crippen LogP contribution in [0.2, 0.25) is 0 Å². The Morgan fingerprint density at radius 3 is 2.25 bits per heavy atom. The number of anilines is 1. The normalized spacial score (nSPS) is 11.2. The summed E-state index contributed by atoms with van der Waals surface area (Å²) in [7, 11) is -3.75. The largest absolute Gasteiger partial charge is 0.322 e. The number of nitrogens with one attached hydrogen (secondary N) is 2. The van der Waals surface area contributed by atoms with E-state index in [1.54, 1.807) is 31.2 Å². The molecule has 3 rings (SSSR count). The van der Waals surface area contributed by atoms with Gasteiger partial charge in [0, 0.05) is 17.8 Å². The van der Waals surface area contributed by atoms with Crippen molar-refractivity contribution in [2.75, 3.05) is 5.32 Å². The minimum atomic E-state index is -3.75. The predicted molar refractivity (Wildman–Crippen MR) is 111 cm³/mol. The number of rotatable bonds is 6. The second kappa shape index (κ2) is 8.37. The molecule has 3 aromatic carbocycles. The molecular formula is C22H22N2O3S. The Balaban J connectivity index is 1.79. The molecule has 0 unspecified atom stereocenters. The molecule has 0 heterocycles. The number of amides is 1. The molecule has 0 atom stereocenters. The maximum Gasteiger partial charge on any atom is 0.255 e. The van der Waals surface area contributed by atoms with Gasteiger partial charge in [-0.15, -0.1) is 0 Å². The van der Waals surface area contributed by atoms with Crippen molar-refractivity contribution < 1.29 is 13.2 Å². The van der Waals surface area contributed by atoms with Crippen LogP contribution in [0.4, 0.5) is 5.69 Å². The van der Waals surface area contributed by atoms with E-state index in [2.05, 4.69) is 10.0 Å². The summed E-state index contributed by atoms with van der Waals surface area (Å²) in [5, 5.41) is 2.79. The Kier molecular flexibility index (Phi) is 5.92. The fraction of sp³-hybridized carbons (Fsp3) is 0.136. The average Bonchev–Trinajstić information content (AvgIpc) is 2.69. The summed E-state index contributed by atoms with van der Waals surface area (Å²) in [6, 6.07) is 21.3. The summed E-state index contributed by atoms with van der Waals surface area (Å²) < 4.78 is 28.1. The van der Waals surface area contributed by atoms with Crippen molar-refractivity contribution in [3.05, 3.63) is 95.1 Å². The summed E-state index contributed by atoms with van der Waals surface area (Å²) in [4.78, 5) is 12.6. The molecule has 0 radical (unpaired) electrons. The highest BCUT2D eigenvalue weighted by molar-refractivity contribution is 7.89. The van der Waals surface area contributed by atoms with Crippen LogP contribution in [0.5, 0.6) is 0 Å². The topological polar surface area (TPSA) is 75.3 Å². The first-order valence-electron chi connectivity index (χ1n) is 8.87. The maximum atomic E-state index is 12.8. The van der Waals surface area contributed by atoms with E-state index in [0.29, 0.717) is 11.3 Å². The predicted octanol–water partition coefficient (Wildman–Crippen LogP) is 4.03. The van der Waals surface area contributed by atoms with E-state index in [0.717, 1.165) is 11.1 Å². The summed E-state index contributed by atoms with van der Waals surface area (Å²) in [5.41, 5.74) is 3.46. The van der Waals surface area contributed by atoms with Gasteiger partial charge in [-0.05, 0) is 49.2 Å². The molecule has 0 aliphatic carbocycles. The van der Waals surface area contributed by atoms with Crippen LogP contribution < -0.4 is 10.0 Å². The molecule has 2 N–H and O–H groups in total. The molecule has 1 amide bonds. The van der Waals surface area contributed by atoms with Gasteiger partial charge in [0.25, 0.3) is 5.91 Å². The van der Waals surface area contributed by atoms with Crippen LogP contribution in [0.25, 0.3) is 0 Å². The summed E-state index contributed by atoms with van der Waals surface area (Å²) in [6.07, 6.45) is 0. The molecule has 0 aliphatic rings. The number of hydrogen-bond donors (Lipinski definition) is 2.